The number of esters is 2. The maximum Gasteiger partial charge on any atom is 0.427 e. The largest absolute Gasteiger partial charge is 0.497 e. The molecule has 1 N–H and O–H groups in total. The summed E-state index contributed by atoms with van der Waals surface area (Å²) in [7, 11) is 1.51. The van der Waals surface area contributed by atoms with Crippen LogP contribution in [0, 0.1) is 22.7 Å². The number of hydrogen-bond acceptors (Lipinski definition) is 8. The van der Waals surface area contributed by atoms with Gasteiger partial charge >= 0.3 is 18.0 Å². The molecule has 2 aliphatic carbocycles. The molecule has 10 nitrogen and oxygen atoms in total. The van der Waals surface area contributed by atoms with Crippen LogP contribution in [0.25, 0.3) is 0 Å². The van der Waals surface area contributed by atoms with Gasteiger partial charge in [-0.25, -0.2) is 15.2 Å². The van der Waals surface area contributed by atoms with Crippen LogP contribution in [0.3, 0.4) is 0 Å². The lowest BCUT2D eigenvalue weighted by Gasteiger charge is -2.38. The molecular weight excluding hydrogens is 468 g/mol. The van der Waals surface area contributed by atoms with Gasteiger partial charge in [-0.3, -0.25) is 14.4 Å². The van der Waals surface area contributed by atoms with Gasteiger partial charge in [0.25, 0.3) is 5.91 Å². The zero-order valence-corrected chi connectivity index (χ0v) is 22.0. The minimum atomic E-state index is -1.71. The predicted octanol–water partition coefficient (Wildman–Crippen LogP) is 3.63. The van der Waals surface area contributed by atoms with Crippen molar-refractivity contribution in [2.45, 2.75) is 60.0 Å². The van der Waals surface area contributed by atoms with E-state index in [2.05, 4.69) is 5.43 Å². The van der Waals surface area contributed by atoms with Crippen LogP contribution >= 0.6 is 0 Å². The summed E-state index contributed by atoms with van der Waals surface area (Å²) in [5.74, 6) is -2.17. The SMILES string of the molecule is CCOC(=O)C1C2CCC(C(=O)OCC)(C(=O)N(NC(=O)OC(C)(C)C)c3ccc(OC)cc3)C21C. The quantitative estimate of drug-likeness (QED) is 0.259. The number of amides is 2. The molecule has 2 amide bonds. The monoisotopic (exact) mass is 504 g/mol. The third-order valence-corrected chi connectivity index (χ3v) is 7.12. The molecular formula is C26H36N2O8. The number of nitrogens with zero attached hydrogens (tertiary/aromatic N) is 1. The maximum absolute atomic E-state index is 14.4. The van der Waals surface area contributed by atoms with Gasteiger partial charge in [-0.05, 0) is 77.6 Å². The number of methoxy groups -OCH3 is 1. The summed E-state index contributed by atoms with van der Waals surface area (Å²) in [5, 5.41) is 1.01. The Bertz CT molecular complexity index is 1020. The number of anilines is 1. The van der Waals surface area contributed by atoms with Gasteiger partial charge in [0.05, 0.1) is 31.9 Å². The third kappa shape index (κ3) is 4.60. The Balaban J connectivity index is 2.08. The van der Waals surface area contributed by atoms with E-state index in [4.69, 9.17) is 18.9 Å². The van der Waals surface area contributed by atoms with Crippen molar-refractivity contribution < 1.29 is 38.1 Å². The smallest absolute Gasteiger partial charge is 0.427 e. The number of nitrogens with one attached hydrogen (secondary N) is 1. The average molecular weight is 505 g/mol. The second kappa shape index (κ2) is 9.99. The number of benzene rings is 1. The van der Waals surface area contributed by atoms with Crippen LogP contribution in [0.1, 0.15) is 54.4 Å². The number of fused-ring (bicyclic) bond motifs is 1. The Labute approximate surface area is 211 Å². The van der Waals surface area contributed by atoms with Gasteiger partial charge < -0.3 is 18.9 Å². The number of rotatable bonds is 7. The van der Waals surface area contributed by atoms with Crippen LogP contribution in [0.4, 0.5) is 10.5 Å². The van der Waals surface area contributed by atoms with Crippen LogP contribution in [0.2, 0.25) is 0 Å². The molecule has 0 aromatic heterocycles. The zero-order chi connectivity index (χ0) is 26.9. The Hall–Kier alpha value is -3.30. The zero-order valence-electron chi connectivity index (χ0n) is 22.0. The topological polar surface area (TPSA) is 120 Å². The number of carbonyl (C=O) groups is 4. The van der Waals surface area contributed by atoms with Crippen molar-refractivity contribution in [3.05, 3.63) is 24.3 Å². The van der Waals surface area contributed by atoms with E-state index in [1.807, 2.05) is 0 Å². The Morgan fingerprint density at radius 1 is 1.06 bits per heavy atom. The second-order valence-electron chi connectivity index (χ2n) is 10.2. The van der Waals surface area contributed by atoms with Crippen LogP contribution in [0.5, 0.6) is 5.75 Å². The van der Waals surface area contributed by atoms with Crippen molar-refractivity contribution in [3.63, 3.8) is 0 Å². The highest BCUT2D eigenvalue weighted by atomic mass is 16.6. The number of hydrazine groups is 1. The maximum atomic E-state index is 14.4. The van der Waals surface area contributed by atoms with Crippen LogP contribution in [0.15, 0.2) is 24.3 Å². The van der Waals surface area contributed by atoms with Crippen molar-refractivity contribution in [1.29, 1.82) is 0 Å². The highest BCUT2D eigenvalue weighted by molar-refractivity contribution is 6.13. The van der Waals surface area contributed by atoms with Crippen molar-refractivity contribution in [2.24, 2.45) is 22.7 Å². The lowest BCUT2D eigenvalue weighted by atomic mass is 9.71. The van der Waals surface area contributed by atoms with Gasteiger partial charge in [0.2, 0.25) is 0 Å². The third-order valence-electron chi connectivity index (χ3n) is 7.12. The minimum absolute atomic E-state index is 0.0563. The summed E-state index contributed by atoms with van der Waals surface area (Å²) in [4.78, 5) is 53.5. The molecule has 2 aliphatic rings. The molecule has 4 atom stereocenters. The van der Waals surface area contributed by atoms with E-state index in [1.165, 1.54) is 7.11 Å². The molecule has 3 rings (SSSR count). The molecule has 36 heavy (non-hydrogen) atoms. The van der Waals surface area contributed by atoms with E-state index in [-0.39, 0.29) is 31.2 Å². The molecule has 0 saturated heterocycles. The minimum Gasteiger partial charge on any atom is -0.497 e. The van der Waals surface area contributed by atoms with Crippen LogP contribution < -0.4 is 15.2 Å². The second-order valence-corrected chi connectivity index (χ2v) is 10.2. The van der Waals surface area contributed by atoms with E-state index >= 15 is 0 Å². The molecule has 0 aliphatic heterocycles. The van der Waals surface area contributed by atoms with E-state index < -0.39 is 46.3 Å². The first kappa shape index (κ1) is 27.3. The highest BCUT2D eigenvalue weighted by Gasteiger charge is 2.83. The summed E-state index contributed by atoms with van der Waals surface area (Å²) < 4.78 is 21.2. The number of hydrogen-bond donors (Lipinski definition) is 1. The van der Waals surface area contributed by atoms with Crippen molar-refractivity contribution in [2.75, 3.05) is 25.3 Å². The Morgan fingerprint density at radius 3 is 2.19 bits per heavy atom. The molecule has 10 heteroatoms. The average Bonchev–Trinajstić information content (AvgIpc) is 3.30. The molecule has 0 radical (unpaired) electrons. The fourth-order valence-corrected chi connectivity index (χ4v) is 5.48. The summed E-state index contributed by atoms with van der Waals surface area (Å²) in [5.41, 5.74) is -0.762. The Morgan fingerprint density at radius 2 is 1.67 bits per heavy atom. The van der Waals surface area contributed by atoms with Gasteiger partial charge in [-0.1, -0.05) is 6.92 Å². The van der Waals surface area contributed by atoms with Crippen LogP contribution in [-0.2, 0) is 28.6 Å². The molecule has 0 bridgehead atoms. The van der Waals surface area contributed by atoms with E-state index in [0.29, 0.717) is 12.2 Å². The van der Waals surface area contributed by atoms with E-state index in [9.17, 15) is 19.2 Å². The van der Waals surface area contributed by atoms with E-state index in [0.717, 1.165) is 5.01 Å². The normalized spacial score (nSPS) is 26.3. The molecule has 1 aromatic carbocycles. The first-order chi connectivity index (χ1) is 16.9. The van der Waals surface area contributed by atoms with Gasteiger partial charge in [-0.2, -0.15) is 0 Å². The predicted molar refractivity (Wildman–Crippen MR) is 130 cm³/mol. The van der Waals surface area contributed by atoms with Gasteiger partial charge in [0.15, 0.2) is 5.41 Å². The van der Waals surface area contributed by atoms with E-state index in [1.54, 1.807) is 65.8 Å². The molecule has 4 unspecified atom stereocenters. The summed E-state index contributed by atoms with van der Waals surface area (Å²) in [6.07, 6.45) is -0.235. The molecule has 198 valence electrons. The summed E-state index contributed by atoms with van der Waals surface area (Å²) in [6, 6.07) is 6.41. The van der Waals surface area contributed by atoms with Gasteiger partial charge in [-0.15, -0.1) is 0 Å². The van der Waals surface area contributed by atoms with Gasteiger partial charge in [0.1, 0.15) is 11.4 Å². The molecule has 2 fully saturated rings. The highest BCUT2D eigenvalue weighted by Crippen LogP contribution is 2.76. The number of ether oxygens (including phenoxy) is 4. The van der Waals surface area contributed by atoms with Crippen LogP contribution in [-0.4, -0.2) is 49.9 Å². The molecule has 1 aromatic rings. The van der Waals surface area contributed by atoms with Crippen molar-refractivity contribution in [3.8, 4) is 5.75 Å². The first-order valence-electron chi connectivity index (χ1n) is 12.2. The standard InChI is InChI=1S/C26H36N2O8/c1-8-34-20(29)19-18-14-15-26(25(18,19)6,22(31)35-9-2)21(30)28(27-23(32)36-24(3,4)5)16-10-12-17(33-7)13-11-16/h10-13,18-19H,8-9,14-15H2,1-7H3,(H,27,32). The molecule has 0 heterocycles. The molecule has 0 spiro atoms. The fourth-order valence-electron chi connectivity index (χ4n) is 5.48. The van der Waals surface area contributed by atoms with Crippen molar-refractivity contribution in [1.82, 2.24) is 5.43 Å². The first-order valence-corrected chi connectivity index (χ1v) is 12.2. The molecule has 2 saturated carbocycles. The lowest BCUT2D eigenvalue weighted by molar-refractivity contribution is -0.166. The van der Waals surface area contributed by atoms with Gasteiger partial charge in [0, 0.05) is 5.41 Å². The number of carbonyl (C=O) groups excluding carboxylic acids is 4. The Kier molecular flexibility index (Phi) is 7.57. The van der Waals surface area contributed by atoms with Crippen molar-refractivity contribution >= 4 is 29.6 Å². The summed E-state index contributed by atoms with van der Waals surface area (Å²) >= 11 is 0. The fraction of sp³-hybridized carbons (Fsp3) is 0.615. The lowest BCUT2D eigenvalue weighted by Crippen LogP contribution is -2.59. The summed E-state index contributed by atoms with van der Waals surface area (Å²) in [6.45, 7) is 10.5.